The molecule has 2 N–H and O–H groups in total. The number of carbonyl (C=O) groups is 4. The molecular formula is C15H13NO8. The highest BCUT2D eigenvalue weighted by Gasteiger charge is 2.10. The quantitative estimate of drug-likeness (QED) is 0.364. The van der Waals surface area contributed by atoms with Crippen molar-refractivity contribution in [2.45, 2.75) is 13.3 Å². The third-order valence-electron chi connectivity index (χ3n) is 2.65. The number of ether oxygens (including phenoxy) is 2. The minimum atomic E-state index is -1.06. The van der Waals surface area contributed by atoms with Crippen LogP contribution in [0.2, 0.25) is 0 Å². The Morgan fingerprint density at radius 1 is 1.17 bits per heavy atom. The second-order valence-corrected chi connectivity index (χ2v) is 4.32. The highest BCUT2D eigenvalue weighted by Crippen LogP contribution is 2.21. The molecule has 126 valence electrons. The highest BCUT2D eigenvalue weighted by molar-refractivity contribution is 5.95. The lowest BCUT2D eigenvalue weighted by molar-refractivity contribution is -0.158. The molecule has 0 aliphatic rings. The summed E-state index contributed by atoms with van der Waals surface area (Å²) in [5.41, 5.74) is 7.22. The summed E-state index contributed by atoms with van der Waals surface area (Å²) in [6, 6.07) is 6.89. The summed E-state index contributed by atoms with van der Waals surface area (Å²) in [4.78, 5) is 50.5. The summed E-state index contributed by atoms with van der Waals surface area (Å²) in [6.07, 6.45) is -0.753. The van der Waals surface area contributed by atoms with E-state index < -0.39 is 24.0 Å². The number of nitrogen functional groups attached to an aromatic ring is 1. The summed E-state index contributed by atoms with van der Waals surface area (Å²) in [6.45, 7) is 1.65. The molecule has 0 aliphatic carbocycles. The summed E-state index contributed by atoms with van der Waals surface area (Å²) < 4.78 is 12.5. The molecule has 0 unspecified atom stereocenters. The molecule has 0 spiro atoms. The van der Waals surface area contributed by atoms with Gasteiger partial charge in [0.1, 0.15) is 12.0 Å². The minimum absolute atomic E-state index is 0.115. The van der Waals surface area contributed by atoms with Crippen molar-refractivity contribution in [3.63, 3.8) is 0 Å². The smallest absolute Gasteiger partial charge is 0.338 e. The number of fused-ring (bicyclic) bond motifs is 1. The fraction of sp³-hybridized carbons (Fsp3) is 0.133. The van der Waals surface area contributed by atoms with Gasteiger partial charge in [-0.25, -0.2) is 4.79 Å². The number of para-hydroxylation sites is 1. The van der Waals surface area contributed by atoms with E-state index >= 15 is 0 Å². The van der Waals surface area contributed by atoms with Gasteiger partial charge in [0.15, 0.2) is 0 Å². The number of rotatable bonds is 4. The molecule has 0 saturated heterocycles. The molecule has 2 rings (SSSR count). The van der Waals surface area contributed by atoms with Crippen LogP contribution in [0.1, 0.15) is 12.0 Å². The van der Waals surface area contributed by atoms with Crippen LogP contribution in [-0.2, 0) is 28.7 Å². The number of benzene rings is 1. The lowest BCUT2D eigenvalue weighted by Gasteiger charge is -2.01. The van der Waals surface area contributed by atoms with Gasteiger partial charge >= 0.3 is 30.5 Å². The molecule has 9 nitrogen and oxygen atoms in total. The van der Waals surface area contributed by atoms with Crippen LogP contribution in [0.4, 0.5) is 5.69 Å². The van der Waals surface area contributed by atoms with Crippen molar-refractivity contribution in [2.75, 3.05) is 5.73 Å². The fourth-order valence-electron chi connectivity index (χ4n) is 1.66. The van der Waals surface area contributed by atoms with Crippen molar-refractivity contribution in [3.05, 3.63) is 40.2 Å². The van der Waals surface area contributed by atoms with Crippen LogP contribution in [0.25, 0.3) is 11.0 Å². The Balaban J connectivity index is 0.000000245. The Morgan fingerprint density at radius 3 is 2.29 bits per heavy atom. The van der Waals surface area contributed by atoms with Gasteiger partial charge in [-0.2, -0.15) is 0 Å². The molecule has 0 saturated carbocycles. The standard InChI is InChI=1S/C10H9NO2.C5H4O6/c1-6-3-2-4-7-8(11)5-9(12)13-10(6)7;6-2-10-4(8)1-5(9)11-3-7/h2-5H,11H2,1H3;2-3H,1H2. The SMILES string of the molecule is Cc1cccc2c(N)cc(=O)oc12.O=COC(=O)CC(=O)OC=O. The average Bonchev–Trinajstić information content (AvgIpc) is 2.49. The normalized spacial score (nSPS) is 9.38. The minimum Gasteiger partial charge on any atom is -0.422 e. The van der Waals surface area contributed by atoms with Crippen molar-refractivity contribution >= 4 is 41.5 Å². The van der Waals surface area contributed by atoms with E-state index in [9.17, 15) is 24.0 Å². The Hall–Kier alpha value is -3.49. The summed E-state index contributed by atoms with van der Waals surface area (Å²) in [5, 5.41) is 0.791. The van der Waals surface area contributed by atoms with Gasteiger partial charge < -0.3 is 19.6 Å². The molecule has 9 heteroatoms. The monoisotopic (exact) mass is 335 g/mol. The third-order valence-corrected chi connectivity index (χ3v) is 2.65. The number of anilines is 1. The van der Waals surface area contributed by atoms with E-state index in [1.165, 1.54) is 6.07 Å². The number of aryl methyl sites for hydroxylation is 1. The maximum absolute atomic E-state index is 11.0. The van der Waals surface area contributed by atoms with E-state index in [4.69, 9.17) is 10.2 Å². The third kappa shape index (κ3) is 5.37. The second kappa shape index (κ2) is 8.83. The van der Waals surface area contributed by atoms with E-state index in [2.05, 4.69) is 9.47 Å². The van der Waals surface area contributed by atoms with Crippen LogP contribution in [0, 0.1) is 6.92 Å². The maximum atomic E-state index is 11.0. The zero-order chi connectivity index (χ0) is 18.1. The average molecular weight is 335 g/mol. The Kier molecular flexibility index (Phi) is 6.83. The zero-order valence-electron chi connectivity index (χ0n) is 12.5. The lowest BCUT2D eigenvalue weighted by Crippen LogP contribution is -2.12. The first kappa shape index (κ1) is 18.6. The Labute approximate surface area is 134 Å². The van der Waals surface area contributed by atoms with Crippen LogP contribution in [0.3, 0.4) is 0 Å². The molecule has 24 heavy (non-hydrogen) atoms. The van der Waals surface area contributed by atoms with Crippen LogP contribution in [0.5, 0.6) is 0 Å². The second-order valence-electron chi connectivity index (χ2n) is 4.32. The van der Waals surface area contributed by atoms with Crippen molar-refractivity contribution < 1.29 is 33.1 Å². The number of hydrogen-bond donors (Lipinski definition) is 1. The van der Waals surface area contributed by atoms with Gasteiger partial charge in [-0.1, -0.05) is 12.1 Å². The molecule has 0 radical (unpaired) electrons. The predicted molar refractivity (Wildman–Crippen MR) is 80.6 cm³/mol. The molecule has 0 bridgehead atoms. The molecular weight excluding hydrogens is 322 g/mol. The number of nitrogens with two attached hydrogens (primary N) is 1. The first-order chi connectivity index (χ1) is 11.4. The first-order valence-electron chi connectivity index (χ1n) is 6.44. The fourth-order valence-corrected chi connectivity index (χ4v) is 1.66. The summed E-state index contributed by atoms with van der Waals surface area (Å²) >= 11 is 0. The highest BCUT2D eigenvalue weighted by atomic mass is 16.6. The molecule has 1 aromatic heterocycles. The maximum Gasteiger partial charge on any atom is 0.338 e. The van der Waals surface area contributed by atoms with Crippen LogP contribution < -0.4 is 11.4 Å². The van der Waals surface area contributed by atoms with E-state index in [1.54, 1.807) is 0 Å². The Bertz CT molecular complexity index is 804. The van der Waals surface area contributed by atoms with Crippen molar-refractivity contribution in [2.24, 2.45) is 0 Å². The van der Waals surface area contributed by atoms with Gasteiger partial charge in [-0.05, 0) is 18.6 Å². The van der Waals surface area contributed by atoms with Gasteiger partial charge in [-0.3, -0.25) is 19.2 Å². The zero-order valence-corrected chi connectivity index (χ0v) is 12.5. The first-order valence-corrected chi connectivity index (χ1v) is 6.44. The van der Waals surface area contributed by atoms with Gasteiger partial charge in [0, 0.05) is 17.1 Å². The van der Waals surface area contributed by atoms with E-state index in [-0.39, 0.29) is 12.9 Å². The van der Waals surface area contributed by atoms with Crippen LogP contribution in [0.15, 0.2) is 33.5 Å². The van der Waals surface area contributed by atoms with Gasteiger partial charge in [0.05, 0.1) is 0 Å². The largest absolute Gasteiger partial charge is 0.422 e. The van der Waals surface area contributed by atoms with Crippen molar-refractivity contribution in [1.82, 2.24) is 0 Å². The van der Waals surface area contributed by atoms with Crippen LogP contribution in [-0.4, -0.2) is 24.9 Å². The van der Waals surface area contributed by atoms with E-state index in [1.807, 2.05) is 25.1 Å². The van der Waals surface area contributed by atoms with Crippen molar-refractivity contribution in [3.8, 4) is 0 Å². The molecule has 1 heterocycles. The summed E-state index contributed by atoms with van der Waals surface area (Å²) in [7, 11) is 0. The molecule has 0 amide bonds. The lowest BCUT2D eigenvalue weighted by atomic mass is 10.1. The molecule has 1 aromatic carbocycles. The number of hydrogen-bond acceptors (Lipinski definition) is 9. The van der Waals surface area contributed by atoms with Gasteiger partial charge in [0.25, 0.3) is 0 Å². The molecule has 2 aromatic rings. The number of carbonyl (C=O) groups excluding carboxylic acids is 4. The topological polar surface area (TPSA) is 143 Å². The van der Waals surface area contributed by atoms with Crippen molar-refractivity contribution in [1.29, 1.82) is 0 Å². The molecule has 0 atom stereocenters. The number of esters is 2. The summed E-state index contributed by atoms with van der Waals surface area (Å²) in [5.74, 6) is -2.13. The van der Waals surface area contributed by atoms with E-state index in [0.717, 1.165) is 10.9 Å². The Morgan fingerprint density at radius 2 is 1.75 bits per heavy atom. The van der Waals surface area contributed by atoms with Crippen LogP contribution >= 0.6 is 0 Å². The predicted octanol–water partition coefficient (Wildman–Crippen LogP) is 0.459. The van der Waals surface area contributed by atoms with Gasteiger partial charge in [0.2, 0.25) is 0 Å². The molecule has 0 aliphatic heterocycles. The van der Waals surface area contributed by atoms with E-state index in [0.29, 0.717) is 11.3 Å². The van der Waals surface area contributed by atoms with Gasteiger partial charge in [-0.15, -0.1) is 0 Å². The molecule has 0 fully saturated rings.